The average Bonchev–Trinajstić information content (AvgIpc) is 2.96. The third-order valence-electron chi connectivity index (χ3n) is 3.88. The first kappa shape index (κ1) is 13.5. The van der Waals surface area contributed by atoms with Crippen molar-refractivity contribution < 1.29 is 0 Å². The molecular weight excluding hydrogens is 286 g/mol. The summed E-state index contributed by atoms with van der Waals surface area (Å²) in [6.07, 6.45) is 1.55. The van der Waals surface area contributed by atoms with Crippen LogP contribution in [0.1, 0.15) is 5.56 Å². The number of fused-ring (bicyclic) bond motifs is 1. The van der Waals surface area contributed by atoms with Crippen LogP contribution in [-0.2, 0) is 6.54 Å². The molecule has 2 aromatic heterocycles. The Morgan fingerprint density at radius 1 is 0.870 bits per heavy atom. The molecule has 0 bridgehead atoms. The smallest absolute Gasteiger partial charge is 0.272 e. The lowest BCUT2D eigenvalue weighted by Crippen LogP contribution is -2.21. The fraction of sp³-hybridized carbons (Fsp3) is 0.0526. The van der Waals surface area contributed by atoms with Gasteiger partial charge in [-0.15, -0.1) is 0 Å². The number of nitrogens with zero attached hydrogens (tertiary/aromatic N) is 3. The van der Waals surface area contributed by atoms with E-state index in [0.29, 0.717) is 12.2 Å². The summed E-state index contributed by atoms with van der Waals surface area (Å²) in [5.41, 5.74) is 3.76. The Labute approximate surface area is 133 Å². The molecular formula is C19H15N3O. The van der Waals surface area contributed by atoms with Crippen LogP contribution < -0.4 is 5.56 Å². The molecule has 0 fully saturated rings. The molecule has 0 aliphatic heterocycles. The van der Waals surface area contributed by atoms with Gasteiger partial charge in [-0.3, -0.25) is 9.48 Å². The minimum atomic E-state index is -0.0758. The normalized spacial score (nSPS) is 11.0. The van der Waals surface area contributed by atoms with Gasteiger partial charge in [-0.05, 0) is 11.1 Å². The van der Waals surface area contributed by atoms with Gasteiger partial charge in [0.1, 0.15) is 0 Å². The zero-order chi connectivity index (χ0) is 15.6. The number of benzene rings is 2. The van der Waals surface area contributed by atoms with Gasteiger partial charge in [0, 0.05) is 18.3 Å². The SMILES string of the molecule is O=c1ccnc2cc(-c3ccccc3)n(Cc3ccccc3)n12. The predicted molar refractivity (Wildman–Crippen MR) is 90.4 cm³/mol. The topological polar surface area (TPSA) is 39.3 Å². The van der Waals surface area contributed by atoms with Crippen molar-refractivity contribution in [2.75, 3.05) is 0 Å². The number of hydrogen-bond donors (Lipinski definition) is 0. The molecule has 0 radical (unpaired) electrons. The van der Waals surface area contributed by atoms with Crippen molar-refractivity contribution in [2.45, 2.75) is 6.54 Å². The second kappa shape index (κ2) is 5.57. The molecule has 4 aromatic rings. The minimum absolute atomic E-state index is 0.0758. The molecule has 0 saturated heterocycles. The first-order valence-corrected chi connectivity index (χ1v) is 7.50. The van der Waals surface area contributed by atoms with Gasteiger partial charge in [-0.1, -0.05) is 60.7 Å². The highest BCUT2D eigenvalue weighted by Gasteiger charge is 2.12. The third-order valence-corrected chi connectivity index (χ3v) is 3.88. The maximum absolute atomic E-state index is 12.3. The molecule has 0 atom stereocenters. The van der Waals surface area contributed by atoms with E-state index in [4.69, 9.17) is 0 Å². The van der Waals surface area contributed by atoms with Gasteiger partial charge in [0.25, 0.3) is 5.56 Å². The Bertz CT molecular complexity index is 1000. The maximum atomic E-state index is 12.3. The average molecular weight is 301 g/mol. The Balaban J connectivity index is 1.97. The molecule has 0 N–H and O–H groups in total. The quantitative estimate of drug-likeness (QED) is 0.583. The molecule has 0 amide bonds. The monoisotopic (exact) mass is 301 g/mol. The molecule has 0 aliphatic carbocycles. The second-order valence-electron chi connectivity index (χ2n) is 5.39. The molecule has 4 heteroatoms. The lowest BCUT2D eigenvalue weighted by atomic mass is 10.1. The minimum Gasteiger partial charge on any atom is -0.272 e. The van der Waals surface area contributed by atoms with Gasteiger partial charge >= 0.3 is 0 Å². The summed E-state index contributed by atoms with van der Waals surface area (Å²) in [5, 5.41) is 0. The van der Waals surface area contributed by atoms with Crippen molar-refractivity contribution in [3.63, 3.8) is 0 Å². The molecule has 4 rings (SSSR count). The van der Waals surface area contributed by atoms with Crippen LogP contribution in [-0.4, -0.2) is 14.2 Å². The standard InChI is InChI=1S/C19H15N3O/c23-19-11-12-20-18-13-17(16-9-5-2-6-10-16)21(22(18)19)14-15-7-3-1-4-8-15/h1-13H,14H2. The van der Waals surface area contributed by atoms with E-state index in [9.17, 15) is 4.79 Å². The number of hydrogen-bond acceptors (Lipinski definition) is 2. The van der Waals surface area contributed by atoms with E-state index in [1.165, 1.54) is 6.07 Å². The predicted octanol–water partition coefficient (Wildman–Crippen LogP) is 3.21. The summed E-state index contributed by atoms with van der Waals surface area (Å²) in [7, 11) is 0. The second-order valence-corrected chi connectivity index (χ2v) is 5.39. The van der Waals surface area contributed by atoms with E-state index in [0.717, 1.165) is 16.8 Å². The molecule has 23 heavy (non-hydrogen) atoms. The van der Waals surface area contributed by atoms with Gasteiger partial charge in [0.2, 0.25) is 0 Å². The molecule has 0 unspecified atom stereocenters. The van der Waals surface area contributed by atoms with Crippen LogP contribution in [0.5, 0.6) is 0 Å². The van der Waals surface area contributed by atoms with Crippen LogP contribution in [0.4, 0.5) is 0 Å². The van der Waals surface area contributed by atoms with Crippen LogP contribution in [0.15, 0.2) is 83.8 Å². The summed E-state index contributed by atoms with van der Waals surface area (Å²) >= 11 is 0. The Morgan fingerprint density at radius 2 is 1.57 bits per heavy atom. The van der Waals surface area contributed by atoms with Crippen LogP contribution in [0.3, 0.4) is 0 Å². The maximum Gasteiger partial charge on any atom is 0.272 e. The summed E-state index contributed by atoms with van der Waals surface area (Å²) < 4.78 is 3.62. The highest BCUT2D eigenvalue weighted by molar-refractivity contribution is 5.64. The highest BCUT2D eigenvalue weighted by Crippen LogP contribution is 2.22. The third kappa shape index (κ3) is 2.44. The fourth-order valence-corrected chi connectivity index (χ4v) is 2.81. The van der Waals surface area contributed by atoms with Gasteiger partial charge < -0.3 is 0 Å². The highest BCUT2D eigenvalue weighted by atomic mass is 16.1. The summed E-state index contributed by atoms with van der Waals surface area (Å²) in [5.74, 6) is 0. The molecule has 112 valence electrons. The van der Waals surface area contributed by atoms with Crippen LogP contribution in [0, 0.1) is 0 Å². The van der Waals surface area contributed by atoms with Crippen molar-refractivity contribution in [1.82, 2.24) is 14.2 Å². The van der Waals surface area contributed by atoms with E-state index < -0.39 is 0 Å². The van der Waals surface area contributed by atoms with E-state index in [2.05, 4.69) is 17.1 Å². The van der Waals surface area contributed by atoms with Crippen LogP contribution in [0.25, 0.3) is 16.9 Å². The van der Waals surface area contributed by atoms with Crippen molar-refractivity contribution in [3.8, 4) is 11.3 Å². The number of rotatable bonds is 3. The first-order valence-electron chi connectivity index (χ1n) is 7.50. The Hall–Kier alpha value is -3.14. The molecule has 2 aromatic carbocycles. The van der Waals surface area contributed by atoms with Gasteiger partial charge in [0.05, 0.1) is 12.2 Å². The fourth-order valence-electron chi connectivity index (χ4n) is 2.81. The molecule has 0 spiro atoms. The van der Waals surface area contributed by atoms with Crippen molar-refractivity contribution in [2.24, 2.45) is 0 Å². The molecule has 2 heterocycles. The van der Waals surface area contributed by atoms with E-state index in [1.807, 2.05) is 59.3 Å². The lowest BCUT2D eigenvalue weighted by Gasteiger charge is -2.11. The van der Waals surface area contributed by atoms with Crippen LogP contribution >= 0.6 is 0 Å². The zero-order valence-corrected chi connectivity index (χ0v) is 12.5. The van der Waals surface area contributed by atoms with Gasteiger partial charge in [-0.25, -0.2) is 4.98 Å². The van der Waals surface area contributed by atoms with E-state index >= 15 is 0 Å². The molecule has 0 aliphatic rings. The van der Waals surface area contributed by atoms with Gasteiger partial charge in [-0.2, -0.15) is 4.52 Å². The molecule has 0 saturated carbocycles. The summed E-state index contributed by atoms with van der Waals surface area (Å²) in [6, 6.07) is 23.6. The van der Waals surface area contributed by atoms with Gasteiger partial charge in [0.15, 0.2) is 5.65 Å². The Kier molecular flexibility index (Phi) is 3.27. The van der Waals surface area contributed by atoms with Crippen LogP contribution in [0.2, 0.25) is 0 Å². The van der Waals surface area contributed by atoms with Crippen molar-refractivity contribution in [1.29, 1.82) is 0 Å². The first-order chi connectivity index (χ1) is 11.3. The molecule has 4 nitrogen and oxygen atoms in total. The Morgan fingerprint density at radius 3 is 2.30 bits per heavy atom. The van der Waals surface area contributed by atoms with E-state index in [1.54, 1.807) is 10.7 Å². The van der Waals surface area contributed by atoms with E-state index in [-0.39, 0.29) is 5.56 Å². The van der Waals surface area contributed by atoms with Crippen molar-refractivity contribution >= 4 is 5.65 Å². The van der Waals surface area contributed by atoms with Crippen molar-refractivity contribution in [3.05, 3.63) is 94.9 Å². The largest absolute Gasteiger partial charge is 0.272 e. The summed E-state index contributed by atoms with van der Waals surface area (Å²) in [4.78, 5) is 16.7. The number of aromatic nitrogens is 3. The lowest BCUT2D eigenvalue weighted by molar-refractivity contribution is 0.627. The summed E-state index contributed by atoms with van der Waals surface area (Å²) in [6.45, 7) is 0.611. The zero-order valence-electron chi connectivity index (χ0n) is 12.5.